The number of nitrogen functional groups attached to an aromatic ring is 1. The number of carbonyl (C=O) groups excluding carboxylic acids is 1. The van der Waals surface area contributed by atoms with E-state index in [9.17, 15) is 9.59 Å². The molecule has 0 saturated heterocycles. The Morgan fingerprint density at radius 1 is 0.970 bits per heavy atom. The summed E-state index contributed by atoms with van der Waals surface area (Å²) in [5.41, 5.74) is 8.68. The Morgan fingerprint density at radius 2 is 1.67 bits per heavy atom. The minimum Gasteiger partial charge on any atom is -0.397 e. The van der Waals surface area contributed by atoms with Crippen LogP contribution in [0.2, 0.25) is 0 Å². The molecule has 0 radical (unpaired) electrons. The van der Waals surface area contributed by atoms with Gasteiger partial charge in [-0.15, -0.1) is 0 Å². The maximum absolute atomic E-state index is 12.4. The molecule has 2 aromatic heterocycles. The van der Waals surface area contributed by atoms with Crippen LogP contribution in [0.1, 0.15) is 43.6 Å². The fourth-order valence-electron chi connectivity index (χ4n) is 2.78. The third-order valence-electron chi connectivity index (χ3n) is 4.35. The second-order valence-electron chi connectivity index (χ2n) is 6.41. The van der Waals surface area contributed by atoms with Gasteiger partial charge in [0.2, 0.25) is 11.5 Å². The average Bonchev–Trinajstić information content (AvgIpc) is 2.86. The zero-order valence-electron chi connectivity index (χ0n) is 19.3. The van der Waals surface area contributed by atoms with Gasteiger partial charge in [-0.1, -0.05) is 52.0 Å². The lowest BCUT2D eigenvalue weighted by atomic mass is 10.1. The van der Waals surface area contributed by atoms with Crippen molar-refractivity contribution in [2.75, 3.05) is 16.4 Å². The van der Waals surface area contributed by atoms with Gasteiger partial charge in [0.05, 0.1) is 11.4 Å². The number of rotatable bonds is 5. The molecule has 8 nitrogen and oxygen atoms in total. The zero-order valence-corrected chi connectivity index (χ0v) is 19.3. The van der Waals surface area contributed by atoms with E-state index >= 15 is 0 Å². The number of nitrogens with one attached hydrogen (secondary N) is 3. The Labute approximate surface area is 193 Å². The summed E-state index contributed by atoms with van der Waals surface area (Å²) in [6, 6.07) is 17.4. The van der Waals surface area contributed by atoms with Gasteiger partial charge in [-0.25, -0.2) is 4.98 Å². The van der Waals surface area contributed by atoms with Crippen molar-refractivity contribution < 1.29 is 4.79 Å². The molecule has 0 aliphatic rings. The Bertz CT molecular complexity index is 1240. The number of H-pyrrole nitrogens is 1. The maximum atomic E-state index is 12.4. The van der Waals surface area contributed by atoms with E-state index in [4.69, 9.17) is 5.73 Å². The molecule has 0 saturated carbocycles. The predicted octanol–water partition coefficient (Wildman–Crippen LogP) is 4.82. The van der Waals surface area contributed by atoms with Crippen molar-refractivity contribution in [3.05, 3.63) is 88.3 Å². The van der Waals surface area contributed by atoms with Gasteiger partial charge in [0, 0.05) is 29.8 Å². The molecule has 0 aliphatic carbocycles. The molecule has 2 heterocycles. The molecule has 0 fully saturated rings. The van der Waals surface area contributed by atoms with E-state index in [1.807, 2.05) is 52.0 Å². The average molecular weight is 447 g/mol. The highest BCUT2D eigenvalue weighted by Gasteiger charge is 2.08. The summed E-state index contributed by atoms with van der Waals surface area (Å²) in [6.07, 6.45) is 1.64. The number of aromatic nitrogens is 3. The Kier molecular flexibility index (Phi) is 9.57. The van der Waals surface area contributed by atoms with Crippen LogP contribution in [-0.2, 0) is 6.54 Å². The number of aromatic amines is 1. The van der Waals surface area contributed by atoms with Gasteiger partial charge in [0.1, 0.15) is 5.65 Å². The Hall–Kier alpha value is -4.20. The van der Waals surface area contributed by atoms with Crippen LogP contribution < -0.4 is 21.9 Å². The van der Waals surface area contributed by atoms with Crippen LogP contribution in [0.3, 0.4) is 0 Å². The lowest BCUT2D eigenvalue weighted by Gasteiger charge is -2.09. The van der Waals surface area contributed by atoms with Crippen LogP contribution in [0.15, 0.2) is 71.7 Å². The van der Waals surface area contributed by atoms with Crippen LogP contribution in [0.5, 0.6) is 0 Å². The minimum atomic E-state index is -0.232. The first-order chi connectivity index (χ1) is 16.1. The standard InChI is InChI=1S/C21H18N6O2.2C2H6/c22-16-3-1-2-4-17(16)25-20(29)14-7-5-13(6-8-14)11-23-21-24-12-15-9-10-18(28)26-19(15)27-21;2*1-2/h1-10,12H,11,22H2,(H,25,29)(H2,23,24,26,27,28);2*1-2H3. The molecule has 0 aliphatic heterocycles. The highest BCUT2D eigenvalue weighted by Crippen LogP contribution is 2.18. The third kappa shape index (κ3) is 6.90. The van der Waals surface area contributed by atoms with Gasteiger partial charge >= 0.3 is 0 Å². The SMILES string of the molecule is CC.CC.Nc1ccccc1NC(=O)c1ccc(CNc2ncc3ccc(=O)[nH]c3n2)cc1. The number of hydrogen-bond acceptors (Lipinski definition) is 6. The van der Waals surface area contributed by atoms with Gasteiger partial charge in [0.25, 0.3) is 5.91 Å². The van der Waals surface area contributed by atoms with Crippen LogP contribution in [0.4, 0.5) is 17.3 Å². The van der Waals surface area contributed by atoms with E-state index in [0.717, 1.165) is 10.9 Å². The number of pyridine rings is 1. The highest BCUT2D eigenvalue weighted by atomic mass is 16.1. The summed E-state index contributed by atoms with van der Waals surface area (Å²) in [5.74, 6) is 0.171. The molecule has 0 bridgehead atoms. The number of anilines is 3. The lowest BCUT2D eigenvalue weighted by Crippen LogP contribution is -2.13. The third-order valence-corrected chi connectivity index (χ3v) is 4.35. The minimum absolute atomic E-state index is 0.215. The number of benzene rings is 2. The quantitative estimate of drug-likeness (QED) is 0.326. The van der Waals surface area contributed by atoms with Gasteiger partial charge < -0.3 is 21.4 Å². The van der Waals surface area contributed by atoms with Crippen molar-refractivity contribution in [2.24, 2.45) is 0 Å². The molecule has 4 aromatic rings. The topological polar surface area (TPSA) is 126 Å². The summed E-state index contributed by atoms with van der Waals surface area (Å²) in [4.78, 5) is 35.0. The largest absolute Gasteiger partial charge is 0.397 e. The van der Waals surface area contributed by atoms with E-state index in [1.165, 1.54) is 6.07 Å². The van der Waals surface area contributed by atoms with Crippen LogP contribution in [-0.4, -0.2) is 20.9 Å². The normalized spacial score (nSPS) is 9.70. The van der Waals surface area contributed by atoms with Gasteiger partial charge in [-0.2, -0.15) is 4.98 Å². The fourth-order valence-corrected chi connectivity index (χ4v) is 2.78. The van der Waals surface area contributed by atoms with E-state index in [2.05, 4.69) is 25.6 Å². The molecule has 5 N–H and O–H groups in total. The smallest absolute Gasteiger partial charge is 0.255 e. The summed E-state index contributed by atoms with van der Waals surface area (Å²) >= 11 is 0. The monoisotopic (exact) mass is 446 g/mol. The Morgan fingerprint density at radius 3 is 2.36 bits per heavy atom. The lowest BCUT2D eigenvalue weighted by molar-refractivity contribution is 0.102. The van der Waals surface area contributed by atoms with Crippen molar-refractivity contribution in [1.82, 2.24) is 15.0 Å². The molecule has 0 unspecified atom stereocenters. The van der Waals surface area contributed by atoms with Crippen molar-refractivity contribution >= 4 is 34.3 Å². The number of amides is 1. The zero-order chi connectivity index (χ0) is 24.2. The second kappa shape index (κ2) is 12.6. The van der Waals surface area contributed by atoms with Crippen LogP contribution in [0, 0.1) is 0 Å². The second-order valence-corrected chi connectivity index (χ2v) is 6.41. The predicted molar refractivity (Wildman–Crippen MR) is 135 cm³/mol. The van der Waals surface area contributed by atoms with E-state index in [0.29, 0.717) is 35.1 Å². The number of nitrogens with two attached hydrogens (primary N) is 1. The summed E-state index contributed by atoms with van der Waals surface area (Å²) in [5, 5.41) is 6.66. The highest BCUT2D eigenvalue weighted by molar-refractivity contribution is 6.05. The molecule has 0 spiro atoms. The molecule has 4 rings (SSSR count). The first-order valence-corrected chi connectivity index (χ1v) is 10.9. The van der Waals surface area contributed by atoms with E-state index < -0.39 is 0 Å². The fraction of sp³-hybridized carbons (Fsp3) is 0.200. The van der Waals surface area contributed by atoms with Crippen LogP contribution in [0.25, 0.3) is 11.0 Å². The first-order valence-electron chi connectivity index (χ1n) is 10.9. The molecular weight excluding hydrogens is 416 g/mol. The van der Waals surface area contributed by atoms with Gasteiger partial charge in [0.15, 0.2) is 0 Å². The van der Waals surface area contributed by atoms with Crippen molar-refractivity contribution in [3.63, 3.8) is 0 Å². The summed E-state index contributed by atoms with van der Waals surface area (Å²) < 4.78 is 0. The molecule has 1 amide bonds. The number of hydrogen-bond donors (Lipinski definition) is 4. The summed E-state index contributed by atoms with van der Waals surface area (Å²) in [6.45, 7) is 8.47. The first kappa shape index (κ1) is 25.1. The van der Waals surface area contributed by atoms with Gasteiger partial charge in [-0.05, 0) is 35.9 Å². The number of carbonyl (C=O) groups is 1. The Balaban J connectivity index is 0.000000914. The molecule has 2 aromatic carbocycles. The number of nitrogens with zero attached hydrogens (tertiary/aromatic N) is 2. The maximum Gasteiger partial charge on any atom is 0.255 e. The molecule has 0 atom stereocenters. The van der Waals surface area contributed by atoms with Gasteiger partial charge in [-0.3, -0.25) is 9.59 Å². The molecular formula is C25H30N6O2. The number of fused-ring (bicyclic) bond motifs is 1. The van der Waals surface area contributed by atoms with Crippen LogP contribution >= 0.6 is 0 Å². The van der Waals surface area contributed by atoms with Crippen molar-refractivity contribution in [1.29, 1.82) is 0 Å². The van der Waals surface area contributed by atoms with E-state index in [1.54, 1.807) is 36.5 Å². The molecule has 33 heavy (non-hydrogen) atoms. The molecule has 8 heteroatoms. The number of para-hydroxylation sites is 2. The summed E-state index contributed by atoms with van der Waals surface area (Å²) in [7, 11) is 0. The van der Waals surface area contributed by atoms with Crippen molar-refractivity contribution in [2.45, 2.75) is 34.2 Å². The van der Waals surface area contributed by atoms with Crippen molar-refractivity contribution in [3.8, 4) is 0 Å². The van der Waals surface area contributed by atoms with E-state index in [-0.39, 0.29) is 11.5 Å². The molecule has 172 valence electrons.